The first-order chi connectivity index (χ1) is 9.24. The second-order valence-electron chi connectivity index (χ2n) is 4.05. The second kappa shape index (κ2) is 6.56. The van der Waals surface area contributed by atoms with Crippen LogP contribution < -0.4 is 10.1 Å². The maximum absolute atomic E-state index is 11.2. The molecule has 1 aliphatic heterocycles. The molecular formula is C13H15BrN2O3. The molecule has 0 spiro atoms. The average molecular weight is 327 g/mol. The van der Waals surface area contributed by atoms with Crippen molar-refractivity contribution in [2.75, 3.05) is 23.9 Å². The van der Waals surface area contributed by atoms with Gasteiger partial charge >= 0.3 is 0 Å². The zero-order chi connectivity index (χ0) is 13.7. The lowest BCUT2D eigenvalue weighted by Crippen LogP contribution is -2.25. The van der Waals surface area contributed by atoms with E-state index in [0.717, 1.165) is 17.7 Å². The van der Waals surface area contributed by atoms with E-state index in [2.05, 4.69) is 26.4 Å². The summed E-state index contributed by atoms with van der Waals surface area (Å²) < 4.78 is 5.37. The van der Waals surface area contributed by atoms with Gasteiger partial charge in [0.2, 0.25) is 0 Å². The van der Waals surface area contributed by atoms with E-state index < -0.39 is 0 Å². The first-order valence-corrected chi connectivity index (χ1v) is 7.18. The average Bonchev–Trinajstić information content (AvgIpc) is 2.43. The molecule has 19 heavy (non-hydrogen) atoms. The molecule has 5 nitrogen and oxygen atoms in total. The molecule has 0 saturated carbocycles. The third kappa shape index (κ3) is 3.47. The van der Waals surface area contributed by atoms with Crippen molar-refractivity contribution >= 4 is 33.2 Å². The van der Waals surface area contributed by atoms with Crippen molar-refractivity contribution in [2.24, 2.45) is 5.16 Å². The summed E-state index contributed by atoms with van der Waals surface area (Å²) >= 11 is 3.39. The third-order valence-corrected chi connectivity index (χ3v) is 3.08. The monoisotopic (exact) mass is 326 g/mol. The first kappa shape index (κ1) is 13.9. The molecule has 1 aromatic carbocycles. The maximum atomic E-state index is 11.2. The van der Waals surface area contributed by atoms with Crippen LogP contribution in [0.1, 0.15) is 18.9 Å². The number of hydrogen-bond acceptors (Lipinski definition) is 4. The third-order valence-electron chi connectivity index (χ3n) is 2.54. The van der Waals surface area contributed by atoms with Crippen LogP contribution in [-0.4, -0.2) is 30.2 Å². The van der Waals surface area contributed by atoms with Crippen LogP contribution in [-0.2, 0) is 9.63 Å². The van der Waals surface area contributed by atoms with Gasteiger partial charge in [-0.25, -0.2) is 0 Å². The lowest BCUT2D eigenvalue weighted by Gasteiger charge is -2.18. The van der Waals surface area contributed by atoms with Crippen molar-refractivity contribution in [3.8, 4) is 5.75 Å². The van der Waals surface area contributed by atoms with E-state index in [-0.39, 0.29) is 12.5 Å². The summed E-state index contributed by atoms with van der Waals surface area (Å²) in [6, 6.07) is 5.53. The van der Waals surface area contributed by atoms with Crippen molar-refractivity contribution in [1.82, 2.24) is 0 Å². The summed E-state index contributed by atoms with van der Waals surface area (Å²) in [7, 11) is 0. The number of carbonyl (C=O) groups is 1. The topological polar surface area (TPSA) is 59.9 Å². The van der Waals surface area contributed by atoms with Gasteiger partial charge < -0.3 is 14.9 Å². The molecule has 102 valence electrons. The molecule has 0 saturated heterocycles. The van der Waals surface area contributed by atoms with Crippen molar-refractivity contribution in [2.45, 2.75) is 13.3 Å². The van der Waals surface area contributed by atoms with E-state index in [0.29, 0.717) is 23.4 Å². The number of alkyl halides is 1. The Morgan fingerprint density at radius 2 is 2.42 bits per heavy atom. The van der Waals surface area contributed by atoms with Crippen LogP contribution in [0.4, 0.5) is 5.69 Å². The highest BCUT2D eigenvalue weighted by molar-refractivity contribution is 9.09. The molecule has 1 amide bonds. The summed E-state index contributed by atoms with van der Waals surface area (Å²) in [5, 5.41) is 7.43. The van der Waals surface area contributed by atoms with Crippen LogP contribution in [0.5, 0.6) is 5.75 Å². The van der Waals surface area contributed by atoms with Gasteiger partial charge in [0, 0.05) is 10.9 Å². The highest BCUT2D eigenvalue weighted by Gasteiger charge is 2.17. The number of oxime groups is 1. The molecule has 2 rings (SSSR count). The first-order valence-electron chi connectivity index (χ1n) is 6.06. The van der Waals surface area contributed by atoms with E-state index >= 15 is 0 Å². The molecule has 1 heterocycles. The summed E-state index contributed by atoms with van der Waals surface area (Å²) in [4.78, 5) is 16.4. The van der Waals surface area contributed by atoms with Crippen molar-refractivity contribution in [3.05, 3.63) is 23.8 Å². The standard InChI is InChI=1S/C13H15BrN2O3/c1-2-5-19-16-11(7-14)9-3-4-10-12(6-9)18-8-13(17)15-10/h3-4,6H,2,5,7-8H2,1H3,(H,15,17)/b16-11+. The number of nitrogens with one attached hydrogen (secondary N) is 1. The molecule has 0 radical (unpaired) electrons. The quantitative estimate of drug-likeness (QED) is 0.391. The molecule has 6 heteroatoms. The van der Waals surface area contributed by atoms with Crippen molar-refractivity contribution < 1.29 is 14.4 Å². The van der Waals surface area contributed by atoms with Crippen LogP contribution in [0, 0.1) is 0 Å². The summed E-state index contributed by atoms with van der Waals surface area (Å²) in [5.74, 6) is 0.516. The Bertz CT molecular complexity index is 503. The number of benzene rings is 1. The van der Waals surface area contributed by atoms with Crippen LogP contribution in [0.3, 0.4) is 0 Å². The predicted molar refractivity (Wildman–Crippen MR) is 77.1 cm³/mol. The van der Waals surface area contributed by atoms with Crippen molar-refractivity contribution in [1.29, 1.82) is 0 Å². The minimum atomic E-state index is -0.138. The fourth-order valence-electron chi connectivity index (χ4n) is 1.62. The van der Waals surface area contributed by atoms with Gasteiger partial charge in [-0.1, -0.05) is 34.1 Å². The minimum Gasteiger partial charge on any atom is -0.482 e. The zero-order valence-corrected chi connectivity index (χ0v) is 12.2. The SMILES string of the molecule is CCCO/N=C(\CBr)c1ccc2c(c1)OCC(=O)N2. The van der Waals surface area contributed by atoms with Gasteiger partial charge in [0.25, 0.3) is 5.91 Å². The molecule has 0 fully saturated rings. The van der Waals surface area contributed by atoms with Crippen LogP contribution >= 0.6 is 15.9 Å². The Morgan fingerprint density at radius 1 is 1.58 bits per heavy atom. The molecule has 0 aliphatic carbocycles. The Kier molecular flexibility index (Phi) is 4.79. The van der Waals surface area contributed by atoms with E-state index in [9.17, 15) is 4.79 Å². The largest absolute Gasteiger partial charge is 0.482 e. The number of rotatable bonds is 5. The highest BCUT2D eigenvalue weighted by atomic mass is 79.9. The van der Waals surface area contributed by atoms with Gasteiger partial charge in [-0.05, 0) is 18.6 Å². The molecule has 1 aromatic rings. The molecule has 1 aliphatic rings. The van der Waals surface area contributed by atoms with Crippen LogP contribution in [0.25, 0.3) is 0 Å². The molecule has 1 N–H and O–H groups in total. The number of fused-ring (bicyclic) bond motifs is 1. The second-order valence-corrected chi connectivity index (χ2v) is 4.61. The summed E-state index contributed by atoms with van der Waals surface area (Å²) in [5.41, 5.74) is 2.38. The fraction of sp³-hybridized carbons (Fsp3) is 0.385. The fourth-order valence-corrected chi connectivity index (χ4v) is 2.05. The van der Waals surface area contributed by atoms with Gasteiger partial charge in [0.05, 0.1) is 11.4 Å². The summed E-state index contributed by atoms with van der Waals surface area (Å²) in [6.45, 7) is 2.66. The van der Waals surface area contributed by atoms with Gasteiger partial charge in [0.15, 0.2) is 6.61 Å². The lowest BCUT2D eigenvalue weighted by molar-refractivity contribution is -0.118. The Morgan fingerprint density at radius 3 is 3.16 bits per heavy atom. The van der Waals surface area contributed by atoms with Gasteiger partial charge in [-0.3, -0.25) is 4.79 Å². The van der Waals surface area contributed by atoms with Gasteiger partial charge in [-0.2, -0.15) is 0 Å². The number of carbonyl (C=O) groups excluding carboxylic acids is 1. The predicted octanol–water partition coefficient (Wildman–Crippen LogP) is 2.54. The zero-order valence-electron chi connectivity index (χ0n) is 10.6. The highest BCUT2D eigenvalue weighted by Crippen LogP contribution is 2.28. The van der Waals surface area contributed by atoms with Crippen LogP contribution in [0.15, 0.2) is 23.4 Å². The number of anilines is 1. The minimum absolute atomic E-state index is 0.0452. The van der Waals surface area contributed by atoms with Gasteiger partial charge in [-0.15, -0.1) is 0 Å². The van der Waals surface area contributed by atoms with E-state index in [4.69, 9.17) is 9.57 Å². The van der Waals surface area contributed by atoms with Crippen molar-refractivity contribution in [3.63, 3.8) is 0 Å². The Hall–Kier alpha value is -1.56. The van der Waals surface area contributed by atoms with E-state index in [1.807, 2.05) is 19.1 Å². The number of halogens is 1. The molecule has 0 atom stereocenters. The number of hydrogen-bond donors (Lipinski definition) is 1. The number of nitrogens with zero attached hydrogens (tertiary/aromatic N) is 1. The molecule has 0 aromatic heterocycles. The lowest BCUT2D eigenvalue weighted by atomic mass is 10.1. The van der Waals surface area contributed by atoms with E-state index in [1.54, 1.807) is 6.07 Å². The number of amides is 1. The van der Waals surface area contributed by atoms with E-state index in [1.165, 1.54) is 0 Å². The number of ether oxygens (including phenoxy) is 1. The molecule has 0 unspecified atom stereocenters. The normalized spacial score (nSPS) is 14.4. The Labute approximate surface area is 120 Å². The molecule has 0 bridgehead atoms. The van der Waals surface area contributed by atoms with Crippen LogP contribution in [0.2, 0.25) is 0 Å². The maximum Gasteiger partial charge on any atom is 0.262 e. The Balaban J connectivity index is 2.20. The molecular weight excluding hydrogens is 312 g/mol. The smallest absolute Gasteiger partial charge is 0.262 e. The summed E-state index contributed by atoms with van der Waals surface area (Å²) in [6.07, 6.45) is 0.915. The van der Waals surface area contributed by atoms with Gasteiger partial charge in [0.1, 0.15) is 12.4 Å².